The summed E-state index contributed by atoms with van der Waals surface area (Å²) in [6.07, 6.45) is 0. The van der Waals surface area contributed by atoms with Crippen LogP contribution in [0.1, 0.15) is 35.3 Å². The van der Waals surface area contributed by atoms with Crippen LogP contribution in [0.25, 0.3) is 0 Å². The highest BCUT2D eigenvalue weighted by Crippen LogP contribution is 2.23. The molecule has 3 heteroatoms. The Morgan fingerprint density at radius 3 is 2.67 bits per heavy atom. The number of ether oxygens (including phenoxy) is 1. The molecule has 0 aliphatic heterocycles. The zero-order chi connectivity index (χ0) is 11.4. The van der Waals surface area contributed by atoms with Gasteiger partial charge in [0.1, 0.15) is 5.75 Å². The summed E-state index contributed by atoms with van der Waals surface area (Å²) in [5.41, 5.74) is 1.79. The maximum atomic E-state index is 11.2. The summed E-state index contributed by atoms with van der Waals surface area (Å²) in [4.78, 5) is 11.2. The number of carbonyl (C=O) groups is 1. The predicted molar refractivity (Wildman–Crippen MR) is 57.1 cm³/mol. The number of hydrogen-bond acceptors (Lipinski definition) is 3. The second-order valence-electron chi connectivity index (χ2n) is 3.25. The van der Waals surface area contributed by atoms with E-state index in [-0.39, 0.29) is 5.78 Å². The van der Waals surface area contributed by atoms with E-state index in [2.05, 4.69) is 6.07 Å². The molecule has 3 nitrogen and oxygen atoms in total. The van der Waals surface area contributed by atoms with Crippen LogP contribution in [0.5, 0.6) is 5.75 Å². The van der Waals surface area contributed by atoms with Gasteiger partial charge in [-0.15, -0.1) is 0 Å². The molecule has 0 saturated carbocycles. The minimum Gasteiger partial charge on any atom is -0.494 e. The van der Waals surface area contributed by atoms with Gasteiger partial charge in [0.15, 0.2) is 5.78 Å². The van der Waals surface area contributed by atoms with Gasteiger partial charge in [0.25, 0.3) is 0 Å². The Morgan fingerprint density at radius 1 is 1.53 bits per heavy atom. The molecule has 0 spiro atoms. The van der Waals surface area contributed by atoms with Gasteiger partial charge in [0, 0.05) is 11.1 Å². The van der Waals surface area contributed by atoms with Crippen LogP contribution in [-0.4, -0.2) is 12.4 Å². The van der Waals surface area contributed by atoms with Gasteiger partial charge in [-0.3, -0.25) is 4.79 Å². The van der Waals surface area contributed by atoms with Gasteiger partial charge in [-0.05, 0) is 32.9 Å². The number of carbonyl (C=O) groups excluding carboxylic acids is 1. The van der Waals surface area contributed by atoms with Crippen molar-refractivity contribution in [2.45, 2.75) is 20.8 Å². The highest BCUT2D eigenvalue weighted by atomic mass is 16.5. The highest BCUT2D eigenvalue weighted by molar-refractivity contribution is 5.95. The summed E-state index contributed by atoms with van der Waals surface area (Å²) in [6.45, 7) is 5.67. The number of benzene rings is 1. The Hall–Kier alpha value is -1.82. The normalized spacial score (nSPS) is 9.47. The number of hydrogen-bond donors (Lipinski definition) is 0. The quantitative estimate of drug-likeness (QED) is 0.709. The monoisotopic (exact) mass is 203 g/mol. The van der Waals surface area contributed by atoms with Crippen LogP contribution in [0.2, 0.25) is 0 Å². The molecule has 0 aliphatic rings. The van der Waals surface area contributed by atoms with Crippen molar-refractivity contribution in [3.05, 3.63) is 28.8 Å². The van der Waals surface area contributed by atoms with Gasteiger partial charge in [0.2, 0.25) is 0 Å². The third kappa shape index (κ3) is 2.35. The lowest BCUT2D eigenvalue weighted by molar-refractivity contribution is 0.101. The molecule has 1 aromatic rings. The van der Waals surface area contributed by atoms with E-state index in [4.69, 9.17) is 10.00 Å². The zero-order valence-corrected chi connectivity index (χ0v) is 9.13. The fraction of sp³-hybridized carbons (Fsp3) is 0.333. The molecule has 0 bridgehead atoms. The molecule has 0 heterocycles. The van der Waals surface area contributed by atoms with Gasteiger partial charge >= 0.3 is 0 Å². The lowest BCUT2D eigenvalue weighted by Crippen LogP contribution is -2.00. The summed E-state index contributed by atoms with van der Waals surface area (Å²) in [6, 6.07) is 5.34. The minimum atomic E-state index is -0.0625. The van der Waals surface area contributed by atoms with Crippen molar-refractivity contribution in [1.29, 1.82) is 5.26 Å². The van der Waals surface area contributed by atoms with Crippen molar-refractivity contribution in [1.82, 2.24) is 0 Å². The average Bonchev–Trinajstić information content (AvgIpc) is 2.21. The number of nitriles is 1. The second kappa shape index (κ2) is 4.61. The molecule has 0 aromatic heterocycles. The van der Waals surface area contributed by atoms with Crippen LogP contribution in [0.3, 0.4) is 0 Å². The Kier molecular flexibility index (Phi) is 3.46. The molecule has 0 N–H and O–H groups in total. The topological polar surface area (TPSA) is 50.1 Å². The van der Waals surface area contributed by atoms with Crippen LogP contribution in [0.15, 0.2) is 12.1 Å². The molecule has 0 fully saturated rings. The van der Waals surface area contributed by atoms with Crippen LogP contribution in [-0.2, 0) is 0 Å². The molecule has 0 atom stereocenters. The van der Waals surface area contributed by atoms with Gasteiger partial charge in [0.05, 0.1) is 18.2 Å². The second-order valence-corrected chi connectivity index (χ2v) is 3.25. The van der Waals surface area contributed by atoms with E-state index >= 15 is 0 Å². The molecule has 0 amide bonds. The Labute approximate surface area is 89.3 Å². The summed E-state index contributed by atoms with van der Waals surface area (Å²) < 4.78 is 5.37. The molecule has 0 radical (unpaired) electrons. The van der Waals surface area contributed by atoms with E-state index in [1.54, 1.807) is 12.1 Å². The first-order valence-electron chi connectivity index (χ1n) is 4.78. The van der Waals surface area contributed by atoms with Crippen LogP contribution in [0, 0.1) is 18.3 Å². The number of Topliss-reactive ketones (excluding diaryl/α,β-unsaturated/α-hetero) is 1. The van der Waals surface area contributed by atoms with Crippen LogP contribution >= 0.6 is 0 Å². The SMILES string of the molecule is CCOc1cc(C(C)=O)cc(C#N)c1C. The van der Waals surface area contributed by atoms with Crippen molar-refractivity contribution in [3.8, 4) is 11.8 Å². The van der Waals surface area contributed by atoms with E-state index in [0.717, 1.165) is 5.56 Å². The van der Waals surface area contributed by atoms with Crippen LogP contribution in [0.4, 0.5) is 0 Å². The first kappa shape index (κ1) is 11.3. The predicted octanol–water partition coefficient (Wildman–Crippen LogP) is 2.47. The van der Waals surface area contributed by atoms with Gasteiger partial charge in [-0.2, -0.15) is 5.26 Å². The Morgan fingerprint density at radius 2 is 2.20 bits per heavy atom. The number of rotatable bonds is 3. The van der Waals surface area contributed by atoms with Crippen molar-refractivity contribution < 1.29 is 9.53 Å². The first-order valence-corrected chi connectivity index (χ1v) is 4.78. The summed E-state index contributed by atoms with van der Waals surface area (Å²) in [5, 5.41) is 8.90. The maximum Gasteiger partial charge on any atom is 0.159 e. The zero-order valence-electron chi connectivity index (χ0n) is 9.13. The van der Waals surface area contributed by atoms with Crippen molar-refractivity contribution in [2.75, 3.05) is 6.61 Å². The van der Waals surface area contributed by atoms with Crippen molar-refractivity contribution in [3.63, 3.8) is 0 Å². The third-order valence-electron chi connectivity index (χ3n) is 2.19. The minimum absolute atomic E-state index is 0.0625. The van der Waals surface area contributed by atoms with E-state index in [1.807, 2.05) is 13.8 Å². The summed E-state index contributed by atoms with van der Waals surface area (Å²) in [7, 11) is 0. The van der Waals surface area contributed by atoms with Crippen molar-refractivity contribution in [2.24, 2.45) is 0 Å². The van der Waals surface area contributed by atoms with E-state index in [1.165, 1.54) is 6.92 Å². The standard InChI is InChI=1S/C12H13NO2/c1-4-15-12-6-10(9(3)14)5-11(7-13)8(12)2/h5-6H,4H2,1-3H3. The molecule has 1 rings (SSSR count). The van der Waals surface area contributed by atoms with Gasteiger partial charge < -0.3 is 4.74 Å². The fourth-order valence-electron chi connectivity index (χ4n) is 1.31. The largest absolute Gasteiger partial charge is 0.494 e. The molecule has 78 valence electrons. The summed E-state index contributed by atoms with van der Waals surface area (Å²) >= 11 is 0. The van der Waals surface area contributed by atoms with Gasteiger partial charge in [-0.25, -0.2) is 0 Å². The number of nitrogens with zero attached hydrogens (tertiary/aromatic N) is 1. The van der Waals surface area contributed by atoms with E-state index in [9.17, 15) is 4.79 Å². The molecular formula is C12H13NO2. The molecule has 0 saturated heterocycles. The smallest absolute Gasteiger partial charge is 0.159 e. The van der Waals surface area contributed by atoms with Crippen LogP contribution < -0.4 is 4.74 Å². The number of ketones is 1. The average molecular weight is 203 g/mol. The fourth-order valence-corrected chi connectivity index (χ4v) is 1.31. The summed E-state index contributed by atoms with van der Waals surface area (Å²) in [5.74, 6) is 0.550. The third-order valence-corrected chi connectivity index (χ3v) is 2.19. The maximum absolute atomic E-state index is 11.2. The van der Waals surface area contributed by atoms with E-state index < -0.39 is 0 Å². The lowest BCUT2D eigenvalue weighted by atomic mass is 10.0. The molecular weight excluding hydrogens is 190 g/mol. The Balaban J connectivity index is 3.33. The highest BCUT2D eigenvalue weighted by Gasteiger charge is 2.10. The van der Waals surface area contributed by atoms with Crippen molar-refractivity contribution >= 4 is 5.78 Å². The molecule has 15 heavy (non-hydrogen) atoms. The molecule has 0 unspecified atom stereocenters. The van der Waals surface area contributed by atoms with E-state index in [0.29, 0.717) is 23.5 Å². The first-order chi connectivity index (χ1) is 7.10. The lowest BCUT2D eigenvalue weighted by Gasteiger charge is -2.09. The molecule has 0 aliphatic carbocycles. The Bertz CT molecular complexity index is 430. The van der Waals surface area contributed by atoms with Gasteiger partial charge in [-0.1, -0.05) is 0 Å². The molecule has 1 aromatic carbocycles.